The maximum absolute atomic E-state index is 5.55. The van der Waals surface area contributed by atoms with E-state index in [-0.39, 0.29) is 0 Å². The molecule has 2 heterocycles. The number of likely N-dealkylation sites (tertiary alicyclic amines) is 1. The van der Waals surface area contributed by atoms with Crippen LogP contribution < -0.4 is 5.32 Å². The summed E-state index contributed by atoms with van der Waals surface area (Å²) in [6.45, 7) is 3.14. The molecule has 1 aromatic rings. The van der Waals surface area contributed by atoms with E-state index < -0.39 is 0 Å². The number of hydrogen-bond acceptors (Lipinski definition) is 3. The van der Waals surface area contributed by atoms with Crippen LogP contribution >= 0.6 is 31.9 Å². The van der Waals surface area contributed by atoms with Gasteiger partial charge in [0.2, 0.25) is 0 Å². The van der Waals surface area contributed by atoms with Gasteiger partial charge in [0.25, 0.3) is 0 Å². The topological polar surface area (TPSA) is 28.4 Å². The maximum Gasteiger partial charge on any atom is 0.183 e. The number of likely N-dealkylation sites (N-methyl/N-ethyl adjacent to an activating group) is 1. The average Bonchev–Trinajstić information content (AvgIpc) is 2.76. The summed E-state index contributed by atoms with van der Waals surface area (Å²) in [7, 11) is 2.02. The lowest BCUT2D eigenvalue weighted by molar-refractivity contribution is 0.288. The first-order valence-corrected chi connectivity index (χ1v) is 6.61. The van der Waals surface area contributed by atoms with Crippen molar-refractivity contribution in [1.82, 2.24) is 10.2 Å². The third-order valence-electron chi connectivity index (χ3n) is 2.76. The van der Waals surface area contributed by atoms with E-state index in [9.17, 15) is 0 Å². The Bertz CT molecular complexity index is 321. The van der Waals surface area contributed by atoms with Crippen LogP contribution in [-0.2, 0) is 6.54 Å². The van der Waals surface area contributed by atoms with Crippen molar-refractivity contribution >= 4 is 31.9 Å². The molecular weight excluding hydrogens is 324 g/mol. The van der Waals surface area contributed by atoms with Crippen molar-refractivity contribution in [3.05, 3.63) is 21.0 Å². The third-order valence-corrected chi connectivity index (χ3v) is 4.47. The molecule has 1 atom stereocenters. The van der Waals surface area contributed by atoms with Gasteiger partial charge in [0.1, 0.15) is 5.76 Å². The fourth-order valence-electron chi connectivity index (χ4n) is 1.90. The minimum atomic E-state index is 0.631. The molecule has 0 amide bonds. The predicted molar refractivity (Wildman–Crippen MR) is 66.8 cm³/mol. The first-order chi connectivity index (χ1) is 7.19. The molecule has 2 rings (SSSR count). The predicted octanol–water partition coefficient (Wildman–Crippen LogP) is 2.60. The van der Waals surface area contributed by atoms with Crippen molar-refractivity contribution in [2.24, 2.45) is 0 Å². The van der Waals surface area contributed by atoms with Crippen LogP contribution in [0.25, 0.3) is 0 Å². The molecular formula is C10H14Br2N2O. The van der Waals surface area contributed by atoms with Gasteiger partial charge in [-0.05, 0) is 51.4 Å². The lowest BCUT2D eigenvalue weighted by Crippen LogP contribution is -2.29. The highest BCUT2D eigenvalue weighted by atomic mass is 79.9. The van der Waals surface area contributed by atoms with Crippen molar-refractivity contribution in [2.75, 3.05) is 20.1 Å². The van der Waals surface area contributed by atoms with E-state index in [1.165, 1.54) is 6.42 Å². The van der Waals surface area contributed by atoms with Crippen LogP contribution in [0, 0.1) is 0 Å². The van der Waals surface area contributed by atoms with Crippen molar-refractivity contribution in [2.45, 2.75) is 19.0 Å². The Kier molecular flexibility index (Phi) is 3.88. The van der Waals surface area contributed by atoms with Gasteiger partial charge in [0.15, 0.2) is 4.67 Å². The summed E-state index contributed by atoms with van der Waals surface area (Å²) in [5, 5.41) is 3.31. The molecule has 0 radical (unpaired) electrons. The second-order valence-corrected chi connectivity index (χ2v) is 5.42. The summed E-state index contributed by atoms with van der Waals surface area (Å²) in [5.74, 6) is 1.01. The molecule has 0 bridgehead atoms. The van der Waals surface area contributed by atoms with Gasteiger partial charge in [0, 0.05) is 19.1 Å². The Labute approximate surface area is 106 Å². The molecule has 84 valence electrons. The van der Waals surface area contributed by atoms with Crippen LogP contribution in [0.3, 0.4) is 0 Å². The third kappa shape index (κ3) is 2.84. The fourth-order valence-corrected chi connectivity index (χ4v) is 2.56. The molecule has 1 fully saturated rings. The second-order valence-electron chi connectivity index (χ2n) is 3.84. The van der Waals surface area contributed by atoms with Crippen molar-refractivity contribution in [1.29, 1.82) is 0 Å². The van der Waals surface area contributed by atoms with Gasteiger partial charge < -0.3 is 9.73 Å². The summed E-state index contributed by atoms with van der Waals surface area (Å²) in [6, 6.07) is 2.66. The Balaban J connectivity index is 1.92. The maximum atomic E-state index is 5.55. The number of furan rings is 1. The molecule has 1 N–H and O–H groups in total. The first-order valence-electron chi connectivity index (χ1n) is 5.02. The van der Waals surface area contributed by atoms with Crippen LogP contribution in [-0.4, -0.2) is 31.1 Å². The summed E-state index contributed by atoms with van der Waals surface area (Å²) in [5.41, 5.74) is 0. The zero-order valence-corrected chi connectivity index (χ0v) is 11.8. The van der Waals surface area contributed by atoms with Gasteiger partial charge in [-0.2, -0.15) is 0 Å². The van der Waals surface area contributed by atoms with E-state index in [1.54, 1.807) is 0 Å². The molecule has 3 nitrogen and oxygen atoms in total. The van der Waals surface area contributed by atoms with E-state index in [4.69, 9.17) is 4.42 Å². The number of halogens is 2. The zero-order chi connectivity index (χ0) is 10.8. The highest BCUT2D eigenvalue weighted by molar-refractivity contribution is 9.13. The standard InChI is InChI=1S/C10H14Br2N2O/c1-13-7-2-3-14(5-7)6-8-4-9(11)10(12)15-8/h4,7,13H,2-3,5-6H2,1H3. The van der Waals surface area contributed by atoms with Crippen molar-refractivity contribution in [3.8, 4) is 0 Å². The highest BCUT2D eigenvalue weighted by Gasteiger charge is 2.22. The molecule has 0 aliphatic carbocycles. The first kappa shape index (κ1) is 11.6. The smallest absolute Gasteiger partial charge is 0.183 e. The van der Waals surface area contributed by atoms with E-state index in [1.807, 2.05) is 13.1 Å². The van der Waals surface area contributed by atoms with Gasteiger partial charge in [-0.1, -0.05) is 0 Å². The average molecular weight is 338 g/mol. The monoisotopic (exact) mass is 336 g/mol. The minimum absolute atomic E-state index is 0.631. The van der Waals surface area contributed by atoms with Gasteiger partial charge in [0.05, 0.1) is 11.0 Å². The molecule has 5 heteroatoms. The molecule has 1 unspecified atom stereocenters. The molecule has 0 aromatic carbocycles. The quantitative estimate of drug-likeness (QED) is 0.919. The van der Waals surface area contributed by atoms with Gasteiger partial charge in [-0.3, -0.25) is 4.90 Å². The normalized spacial score (nSPS) is 22.5. The van der Waals surface area contributed by atoms with E-state index in [0.717, 1.165) is 34.5 Å². The molecule has 1 saturated heterocycles. The van der Waals surface area contributed by atoms with Gasteiger partial charge in [-0.15, -0.1) is 0 Å². The Morgan fingerprint density at radius 3 is 2.93 bits per heavy atom. The lowest BCUT2D eigenvalue weighted by Gasteiger charge is -2.13. The van der Waals surface area contributed by atoms with Gasteiger partial charge >= 0.3 is 0 Å². The Morgan fingerprint density at radius 2 is 2.40 bits per heavy atom. The summed E-state index contributed by atoms with van der Waals surface area (Å²) < 4.78 is 7.32. The summed E-state index contributed by atoms with van der Waals surface area (Å²) >= 11 is 6.77. The van der Waals surface area contributed by atoms with E-state index in [0.29, 0.717) is 6.04 Å². The van der Waals surface area contributed by atoms with Crippen molar-refractivity contribution in [3.63, 3.8) is 0 Å². The van der Waals surface area contributed by atoms with Crippen LogP contribution in [0.2, 0.25) is 0 Å². The van der Waals surface area contributed by atoms with Crippen LogP contribution in [0.5, 0.6) is 0 Å². The molecule has 0 spiro atoms. The van der Waals surface area contributed by atoms with Crippen molar-refractivity contribution < 1.29 is 4.42 Å². The Hall–Kier alpha value is 0.160. The molecule has 1 aliphatic heterocycles. The fraction of sp³-hybridized carbons (Fsp3) is 0.600. The summed E-state index contributed by atoms with van der Waals surface area (Å²) in [4.78, 5) is 2.40. The molecule has 1 aromatic heterocycles. The highest BCUT2D eigenvalue weighted by Crippen LogP contribution is 2.27. The van der Waals surface area contributed by atoms with Crippen LogP contribution in [0.15, 0.2) is 19.6 Å². The van der Waals surface area contributed by atoms with E-state index >= 15 is 0 Å². The Morgan fingerprint density at radius 1 is 1.60 bits per heavy atom. The van der Waals surface area contributed by atoms with E-state index in [2.05, 4.69) is 42.1 Å². The largest absolute Gasteiger partial charge is 0.452 e. The minimum Gasteiger partial charge on any atom is -0.452 e. The number of nitrogens with one attached hydrogen (secondary N) is 1. The van der Waals surface area contributed by atoms with Gasteiger partial charge in [-0.25, -0.2) is 0 Å². The molecule has 1 aliphatic rings. The molecule has 15 heavy (non-hydrogen) atoms. The lowest BCUT2D eigenvalue weighted by atomic mass is 10.3. The summed E-state index contributed by atoms with van der Waals surface area (Å²) in [6.07, 6.45) is 1.22. The number of nitrogens with zero attached hydrogens (tertiary/aromatic N) is 1. The number of rotatable bonds is 3. The molecule has 0 saturated carbocycles. The zero-order valence-electron chi connectivity index (χ0n) is 8.59. The second kappa shape index (κ2) is 4.99. The van der Waals surface area contributed by atoms with Crippen LogP contribution in [0.1, 0.15) is 12.2 Å². The number of hydrogen-bond donors (Lipinski definition) is 1. The SMILES string of the molecule is CNC1CCN(Cc2cc(Br)c(Br)o2)C1. The van der Waals surface area contributed by atoms with Crippen LogP contribution in [0.4, 0.5) is 0 Å².